The van der Waals surface area contributed by atoms with Crippen molar-refractivity contribution < 1.29 is 15.0 Å². The van der Waals surface area contributed by atoms with Crippen molar-refractivity contribution in [3.63, 3.8) is 0 Å². The topological polar surface area (TPSA) is 57.5 Å². The molecule has 0 spiro atoms. The predicted molar refractivity (Wildman–Crippen MR) is 61.6 cm³/mol. The number of aliphatic hydroxyl groups excluding tert-OH is 2. The first kappa shape index (κ1) is 12.6. The molecule has 3 nitrogen and oxygen atoms in total. The smallest absolute Gasteiger partial charge is 0.150 e. The van der Waals surface area contributed by atoms with E-state index in [9.17, 15) is 15.0 Å². The Bertz CT molecular complexity index is 357. The largest absolute Gasteiger partial charge is 0.389 e. The minimum Gasteiger partial charge on any atom is -0.389 e. The Hall–Kier alpha value is -0.420. The van der Waals surface area contributed by atoms with Crippen molar-refractivity contribution in [2.75, 3.05) is 5.33 Å². The zero-order chi connectivity index (χ0) is 11.4. The molecule has 0 saturated heterocycles. The van der Waals surface area contributed by atoms with E-state index in [2.05, 4.69) is 15.9 Å². The molecule has 0 bridgehead atoms. The summed E-state index contributed by atoms with van der Waals surface area (Å²) in [6.45, 7) is 0. The lowest BCUT2D eigenvalue weighted by Crippen LogP contribution is -2.21. The highest BCUT2D eigenvalue weighted by molar-refractivity contribution is 9.09. The van der Waals surface area contributed by atoms with E-state index in [4.69, 9.17) is 11.6 Å². The molecule has 0 aliphatic heterocycles. The number of hydrogen-bond acceptors (Lipinski definition) is 3. The van der Waals surface area contributed by atoms with Crippen LogP contribution in [0.15, 0.2) is 18.2 Å². The Morgan fingerprint density at radius 2 is 2.13 bits per heavy atom. The molecule has 0 heterocycles. The third-order valence-electron chi connectivity index (χ3n) is 2.03. The molecule has 0 fully saturated rings. The highest BCUT2D eigenvalue weighted by atomic mass is 79.9. The second-order valence-electron chi connectivity index (χ2n) is 3.03. The van der Waals surface area contributed by atoms with Gasteiger partial charge in [0.25, 0.3) is 0 Å². The van der Waals surface area contributed by atoms with E-state index in [0.717, 1.165) is 0 Å². The zero-order valence-corrected chi connectivity index (χ0v) is 10.1. The molecule has 5 heteroatoms. The van der Waals surface area contributed by atoms with Gasteiger partial charge >= 0.3 is 0 Å². The van der Waals surface area contributed by atoms with Crippen LogP contribution in [0.4, 0.5) is 0 Å². The maximum Gasteiger partial charge on any atom is 0.150 e. The van der Waals surface area contributed by atoms with Gasteiger partial charge in [-0.1, -0.05) is 39.7 Å². The lowest BCUT2D eigenvalue weighted by molar-refractivity contribution is 0.0339. The highest BCUT2D eigenvalue weighted by Gasteiger charge is 2.22. The van der Waals surface area contributed by atoms with E-state index in [-0.39, 0.29) is 21.5 Å². The van der Waals surface area contributed by atoms with E-state index in [1.807, 2.05) is 0 Å². The molecule has 0 aliphatic carbocycles. The molecule has 82 valence electrons. The molecule has 1 rings (SSSR count). The molecule has 15 heavy (non-hydrogen) atoms. The summed E-state index contributed by atoms with van der Waals surface area (Å²) in [4.78, 5) is 10.7. The standard InChI is InChI=1S/C10H10BrClO3/c11-4-8(14)10(15)9-6(5-13)2-1-3-7(9)12/h1-3,5,8,10,14-15H,4H2. The van der Waals surface area contributed by atoms with Gasteiger partial charge in [0, 0.05) is 21.5 Å². The SMILES string of the molecule is O=Cc1cccc(Cl)c1C(O)C(O)CBr. The van der Waals surface area contributed by atoms with Crippen LogP contribution in [0.25, 0.3) is 0 Å². The van der Waals surface area contributed by atoms with Gasteiger partial charge in [0.05, 0.1) is 6.10 Å². The summed E-state index contributed by atoms with van der Waals surface area (Å²) in [5.74, 6) is 0. The normalized spacial score (nSPS) is 14.7. The number of alkyl halides is 1. The van der Waals surface area contributed by atoms with Gasteiger partial charge in [0.2, 0.25) is 0 Å². The molecule has 2 atom stereocenters. The summed E-state index contributed by atoms with van der Waals surface area (Å²) in [6, 6.07) is 4.72. The van der Waals surface area contributed by atoms with Crippen LogP contribution in [-0.2, 0) is 0 Å². The van der Waals surface area contributed by atoms with Gasteiger partial charge in [-0.2, -0.15) is 0 Å². The molecule has 0 aromatic heterocycles. The summed E-state index contributed by atoms with van der Waals surface area (Å²) in [5.41, 5.74) is 0.552. The highest BCUT2D eigenvalue weighted by Crippen LogP contribution is 2.28. The number of aldehydes is 1. The van der Waals surface area contributed by atoms with Gasteiger partial charge in [-0.05, 0) is 6.07 Å². The zero-order valence-electron chi connectivity index (χ0n) is 7.73. The third kappa shape index (κ3) is 2.78. The molecular weight excluding hydrogens is 283 g/mol. The Morgan fingerprint density at radius 1 is 1.47 bits per heavy atom. The van der Waals surface area contributed by atoms with Gasteiger partial charge in [-0.3, -0.25) is 4.79 Å². The van der Waals surface area contributed by atoms with E-state index < -0.39 is 12.2 Å². The van der Waals surface area contributed by atoms with E-state index in [1.165, 1.54) is 0 Å². The molecular formula is C10H10BrClO3. The Balaban J connectivity index is 3.16. The average molecular weight is 294 g/mol. The summed E-state index contributed by atoms with van der Waals surface area (Å²) in [7, 11) is 0. The minimum absolute atomic E-state index is 0.206. The molecule has 2 N–H and O–H groups in total. The third-order valence-corrected chi connectivity index (χ3v) is 3.02. The van der Waals surface area contributed by atoms with Crippen LogP contribution in [0, 0.1) is 0 Å². The fourth-order valence-corrected chi connectivity index (χ4v) is 1.89. The van der Waals surface area contributed by atoms with Crippen LogP contribution in [-0.4, -0.2) is 27.9 Å². The Kier molecular flexibility index (Phi) is 4.73. The summed E-state index contributed by atoms with van der Waals surface area (Å²) in [5, 5.41) is 19.7. The number of carbonyl (C=O) groups is 1. The van der Waals surface area contributed by atoms with Crippen LogP contribution in [0.5, 0.6) is 0 Å². The van der Waals surface area contributed by atoms with Crippen LogP contribution < -0.4 is 0 Å². The monoisotopic (exact) mass is 292 g/mol. The van der Waals surface area contributed by atoms with Crippen LogP contribution in [0.2, 0.25) is 5.02 Å². The van der Waals surface area contributed by atoms with E-state index >= 15 is 0 Å². The van der Waals surface area contributed by atoms with Gasteiger partial charge in [-0.25, -0.2) is 0 Å². The van der Waals surface area contributed by atoms with Crippen molar-refractivity contribution in [2.24, 2.45) is 0 Å². The second kappa shape index (κ2) is 5.61. The number of halogens is 2. The van der Waals surface area contributed by atoms with Crippen molar-refractivity contribution in [3.05, 3.63) is 34.3 Å². The maximum absolute atomic E-state index is 10.7. The first-order valence-corrected chi connectivity index (χ1v) is 5.77. The summed E-state index contributed by atoms with van der Waals surface area (Å²) in [6.07, 6.45) is -1.56. The quantitative estimate of drug-likeness (QED) is 0.659. The Labute approximate surface area is 101 Å². The number of aliphatic hydroxyl groups is 2. The molecule has 1 aromatic carbocycles. The average Bonchev–Trinajstić information content (AvgIpc) is 2.26. The van der Waals surface area contributed by atoms with Crippen molar-refractivity contribution in [1.29, 1.82) is 0 Å². The molecule has 0 saturated carbocycles. The molecule has 1 aromatic rings. The van der Waals surface area contributed by atoms with Crippen molar-refractivity contribution >= 4 is 33.8 Å². The fourth-order valence-electron chi connectivity index (χ4n) is 1.25. The molecule has 2 unspecified atom stereocenters. The molecule has 0 radical (unpaired) electrons. The lowest BCUT2D eigenvalue weighted by atomic mass is 10.00. The number of hydrogen-bond donors (Lipinski definition) is 2. The minimum atomic E-state index is -1.17. The van der Waals surface area contributed by atoms with Crippen LogP contribution in [0.3, 0.4) is 0 Å². The van der Waals surface area contributed by atoms with E-state index in [0.29, 0.717) is 6.29 Å². The number of rotatable bonds is 4. The fraction of sp³-hybridized carbons (Fsp3) is 0.300. The lowest BCUT2D eigenvalue weighted by Gasteiger charge is -2.18. The molecule has 0 amide bonds. The van der Waals surface area contributed by atoms with E-state index in [1.54, 1.807) is 18.2 Å². The van der Waals surface area contributed by atoms with Crippen molar-refractivity contribution in [3.8, 4) is 0 Å². The summed E-state index contributed by atoms with van der Waals surface area (Å²) < 4.78 is 0. The van der Waals surface area contributed by atoms with Gasteiger partial charge in [0.1, 0.15) is 12.4 Å². The molecule has 0 aliphatic rings. The summed E-state index contributed by atoms with van der Waals surface area (Å²) >= 11 is 8.90. The van der Waals surface area contributed by atoms with Crippen molar-refractivity contribution in [2.45, 2.75) is 12.2 Å². The first-order valence-electron chi connectivity index (χ1n) is 4.27. The van der Waals surface area contributed by atoms with Crippen LogP contribution in [0.1, 0.15) is 22.0 Å². The predicted octanol–water partition coefficient (Wildman–Crippen LogP) is 1.94. The van der Waals surface area contributed by atoms with Crippen LogP contribution >= 0.6 is 27.5 Å². The Morgan fingerprint density at radius 3 is 2.67 bits per heavy atom. The second-order valence-corrected chi connectivity index (χ2v) is 4.08. The number of benzene rings is 1. The van der Waals surface area contributed by atoms with Gasteiger partial charge in [0.15, 0.2) is 0 Å². The first-order chi connectivity index (χ1) is 7.11. The van der Waals surface area contributed by atoms with Gasteiger partial charge < -0.3 is 10.2 Å². The van der Waals surface area contributed by atoms with Crippen molar-refractivity contribution in [1.82, 2.24) is 0 Å². The maximum atomic E-state index is 10.7. The number of carbonyl (C=O) groups excluding carboxylic acids is 1. The van der Waals surface area contributed by atoms with Gasteiger partial charge in [-0.15, -0.1) is 0 Å².